The van der Waals surface area contributed by atoms with Gasteiger partial charge in [0.25, 0.3) is 5.95 Å². The molecule has 0 bridgehead atoms. The Labute approximate surface area is 129 Å². The lowest BCUT2D eigenvalue weighted by Crippen LogP contribution is -2.33. The summed E-state index contributed by atoms with van der Waals surface area (Å²) >= 11 is 1.80. The van der Waals surface area contributed by atoms with E-state index in [2.05, 4.69) is 43.4 Å². The Morgan fingerprint density at radius 2 is 2.19 bits per heavy atom. The third-order valence-electron chi connectivity index (χ3n) is 3.04. The van der Waals surface area contributed by atoms with Gasteiger partial charge in [0.1, 0.15) is 0 Å². The molecule has 0 fully saturated rings. The first-order valence-corrected chi connectivity index (χ1v) is 8.26. The highest BCUT2D eigenvalue weighted by molar-refractivity contribution is 7.98. The van der Waals surface area contributed by atoms with Crippen molar-refractivity contribution in [2.75, 3.05) is 35.8 Å². The van der Waals surface area contributed by atoms with Crippen LogP contribution in [-0.2, 0) is 0 Å². The Hall–Kier alpha value is -1.83. The van der Waals surface area contributed by atoms with Gasteiger partial charge in [0.05, 0.1) is 0 Å². The predicted molar refractivity (Wildman–Crippen MR) is 87.4 cm³/mol. The minimum atomic E-state index is 0.336. The van der Waals surface area contributed by atoms with Gasteiger partial charge in [-0.25, -0.2) is 4.68 Å². The Morgan fingerprint density at radius 3 is 2.81 bits per heavy atom. The second kappa shape index (κ2) is 7.26. The molecule has 2 rings (SSSR count). The topological polar surface area (TPSA) is 71.8 Å². The van der Waals surface area contributed by atoms with Crippen molar-refractivity contribution in [1.29, 1.82) is 0 Å². The highest BCUT2D eigenvalue weighted by Gasteiger charge is 2.16. The van der Waals surface area contributed by atoms with Crippen molar-refractivity contribution in [1.82, 2.24) is 24.7 Å². The Kier molecular flexibility index (Phi) is 5.38. The quantitative estimate of drug-likeness (QED) is 0.834. The van der Waals surface area contributed by atoms with E-state index in [9.17, 15) is 0 Å². The van der Waals surface area contributed by atoms with Crippen LogP contribution in [0.15, 0.2) is 18.5 Å². The van der Waals surface area contributed by atoms with Gasteiger partial charge in [-0.3, -0.25) is 0 Å². The maximum Gasteiger partial charge on any atom is 0.257 e. The highest BCUT2D eigenvalue weighted by atomic mass is 32.2. The SMILES string of the molecule is CCNc1nc(N(C)C(C)CSC)nc(-n2cccn2)n1. The molecule has 0 aliphatic carbocycles. The molecule has 114 valence electrons. The van der Waals surface area contributed by atoms with E-state index in [4.69, 9.17) is 0 Å². The molecule has 21 heavy (non-hydrogen) atoms. The lowest BCUT2D eigenvalue weighted by atomic mass is 10.3. The van der Waals surface area contributed by atoms with Crippen LogP contribution in [0.3, 0.4) is 0 Å². The molecular formula is C13H21N7S. The summed E-state index contributed by atoms with van der Waals surface area (Å²) in [7, 11) is 2.00. The highest BCUT2D eigenvalue weighted by Crippen LogP contribution is 2.15. The number of nitrogens with one attached hydrogen (secondary N) is 1. The van der Waals surface area contributed by atoms with Crippen molar-refractivity contribution >= 4 is 23.7 Å². The van der Waals surface area contributed by atoms with Crippen LogP contribution in [0.5, 0.6) is 0 Å². The molecule has 2 heterocycles. The zero-order valence-electron chi connectivity index (χ0n) is 12.8. The van der Waals surface area contributed by atoms with Crippen molar-refractivity contribution < 1.29 is 0 Å². The Balaban J connectivity index is 2.36. The van der Waals surface area contributed by atoms with Gasteiger partial charge in [-0.2, -0.15) is 31.8 Å². The fourth-order valence-electron chi connectivity index (χ4n) is 1.79. The third-order valence-corrected chi connectivity index (χ3v) is 3.86. The van der Waals surface area contributed by atoms with E-state index in [0.29, 0.717) is 23.9 Å². The standard InChI is InChI=1S/C13H21N7S/c1-5-14-11-16-12(19(3)10(2)9-21-4)18-13(17-11)20-8-6-7-15-20/h6-8,10H,5,9H2,1-4H3,(H,14,16,17,18). The molecule has 1 unspecified atom stereocenters. The molecule has 0 aromatic carbocycles. The van der Waals surface area contributed by atoms with Gasteiger partial charge in [-0.05, 0) is 26.2 Å². The summed E-state index contributed by atoms with van der Waals surface area (Å²) in [6.45, 7) is 4.92. The van der Waals surface area contributed by atoms with Crippen molar-refractivity contribution in [3.8, 4) is 5.95 Å². The molecule has 0 aliphatic heterocycles. The zero-order valence-corrected chi connectivity index (χ0v) is 13.6. The van der Waals surface area contributed by atoms with Crippen LogP contribution in [0.1, 0.15) is 13.8 Å². The molecule has 7 nitrogen and oxygen atoms in total. The lowest BCUT2D eigenvalue weighted by molar-refractivity contribution is 0.719. The van der Waals surface area contributed by atoms with E-state index in [0.717, 1.165) is 12.3 Å². The van der Waals surface area contributed by atoms with Gasteiger partial charge in [-0.1, -0.05) is 0 Å². The number of hydrogen-bond acceptors (Lipinski definition) is 7. The summed E-state index contributed by atoms with van der Waals surface area (Å²) in [6, 6.07) is 2.18. The first-order valence-electron chi connectivity index (χ1n) is 6.87. The molecule has 0 saturated carbocycles. The molecule has 0 saturated heterocycles. The van der Waals surface area contributed by atoms with E-state index in [1.165, 1.54) is 0 Å². The van der Waals surface area contributed by atoms with Crippen molar-refractivity contribution in [2.45, 2.75) is 19.9 Å². The fraction of sp³-hybridized carbons (Fsp3) is 0.538. The molecule has 1 N–H and O–H groups in total. The minimum absolute atomic E-state index is 0.336. The molecule has 2 aromatic heterocycles. The summed E-state index contributed by atoms with van der Waals surface area (Å²) < 4.78 is 1.64. The average Bonchev–Trinajstić information content (AvgIpc) is 3.01. The van der Waals surface area contributed by atoms with Crippen LogP contribution in [0, 0.1) is 0 Å². The number of aromatic nitrogens is 5. The number of rotatable bonds is 7. The minimum Gasteiger partial charge on any atom is -0.354 e. The number of thioether (sulfide) groups is 1. The summed E-state index contributed by atoms with van der Waals surface area (Å²) in [5, 5.41) is 7.32. The third kappa shape index (κ3) is 3.84. The van der Waals surface area contributed by atoms with Crippen LogP contribution >= 0.6 is 11.8 Å². The van der Waals surface area contributed by atoms with Crippen LogP contribution < -0.4 is 10.2 Å². The second-order valence-corrected chi connectivity index (χ2v) is 5.57. The van der Waals surface area contributed by atoms with Crippen molar-refractivity contribution in [3.63, 3.8) is 0 Å². The van der Waals surface area contributed by atoms with Crippen LogP contribution in [-0.4, -0.2) is 56.4 Å². The van der Waals surface area contributed by atoms with Gasteiger partial charge < -0.3 is 10.2 Å². The van der Waals surface area contributed by atoms with E-state index in [-0.39, 0.29) is 0 Å². The van der Waals surface area contributed by atoms with Crippen molar-refractivity contribution in [2.24, 2.45) is 0 Å². The van der Waals surface area contributed by atoms with Gasteiger partial charge >= 0.3 is 0 Å². The van der Waals surface area contributed by atoms with Crippen LogP contribution in [0.2, 0.25) is 0 Å². The molecule has 2 aromatic rings. The Bertz CT molecular complexity index is 558. The number of anilines is 2. The van der Waals surface area contributed by atoms with Gasteiger partial charge in [0, 0.05) is 37.8 Å². The molecule has 1 atom stereocenters. The predicted octanol–water partition coefficient (Wildman–Crippen LogP) is 1.68. The van der Waals surface area contributed by atoms with Gasteiger partial charge in [-0.15, -0.1) is 0 Å². The first kappa shape index (κ1) is 15.6. The molecular weight excluding hydrogens is 286 g/mol. The largest absolute Gasteiger partial charge is 0.354 e. The molecule has 0 amide bonds. The fourth-order valence-corrected chi connectivity index (χ4v) is 2.49. The van der Waals surface area contributed by atoms with E-state index in [1.54, 1.807) is 22.6 Å². The maximum absolute atomic E-state index is 4.52. The average molecular weight is 307 g/mol. The molecule has 0 spiro atoms. The van der Waals surface area contributed by atoms with Crippen LogP contribution in [0.4, 0.5) is 11.9 Å². The summed E-state index contributed by atoms with van der Waals surface area (Å²) in [5.74, 6) is 2.74. The maximum atomic E-state index is 4.52. The zero-order chi connectivity index (χ0) is 15.2. The second-order valence-electron chi connectivity index (χ2n) is 4.66. The molecule has 0 radical (unpaired) electrons. The lowest BCUT2D eigenvalue weighted by Gasteiger charge is -2.24. The molecule has 0 aliphatic rings. The molecule has 8 heteroatoms. The van der Waals surface area contributed by atoms with E-state index < -0.39 is 0 Å². The first-order chi connectivity index (χ1) is 10.2. The number of nitrogens with zero attached hydrogens (tertiary/aromatic N) is 6. The smallest absolute Gasteiger partial charge is 0.257 e. The van der Waals surface area contributed by atoms with Gasteiger partial charge in [0.15, 0.2) is 0 Å². The van der Waals surface area contributed by atoms with E-state index in [1.807, 2.05) is 26.2 Å². The Morgan fingerprint density at radius 1 is 1.38 bits per heavy atom. The normalized spacial score (nSPS) is 12.2. The summed E-state index contributed by atoms with van der Waals surface area (Å²) in [5.41, 5.74) is 0. The monoisotopic (exact) mass is 307 g/mol. The van der Waals surface area contributed by atoms with Crippen LogP contribution in [0.25, 0.3) is 5.95 Å². The number of hydrogen-bond donors (Lipinski definition) is 1. The van der Waals surface area contributed by atoms with E-state index >= 15 is 0 Å². The summed E-state index contributed by atoms with van der Waals surface area (Å²) in [6.07, 6.45) is 5.62. The van der Waals surface area contributed by atoms with Crippen molar-refractivity contribution in [3.05, 3.63) is 18.5 Å². The van der Waals surface area contributed by atoms with Gasteiger partial charge in [0.2, 0.25) is 11.9 Å². The summed E-state index contributed by atoms with van der Waals surface area (Å²) in [4.78, 5) is 15.4.